The van der Waals surface area contributed by atoms with Crippen molar-refractivity contribution in [2.24, 2.45) is 0 Å². The zero-order chi connectivity index (χ0) is 20.5. The number of carbonyl (C=O) groups is 1. The molecule has 146 valence electrons. The first-order valence-corrected chi connectivity index (χ1v) is 8.70. The molecule has 0 aliphatic carbocycles. The largest absolute Gasteiger partial charge is 0.380 e. The van der Waals surface area contributed by atoms with Crippen molar-refractivity contribution < 1.29 is 18.1 Å². The fourth-order valence-electron chi connectivity index (χ4n) is 3.03. The van der Waals surface area contributed by atoms with Gasteiger partial charge in [-0.1, -0.05) is 29.4 Å². The van der Waals surface area contributed by atoms with E-state index in [1.807, 2.05) is 0 Å². The Morgan fingerprint density at radius 3 is 2.48 bits per heavy atom. The Labute approximate surface area is 164 Å². The lowest BCUT2D eigenvalue weighted by Gasteiger charge is -2.10. The number of fused-ring (bicyclic) bond motifs is 1. The summed E-state index contributed by atoms with van der Waals surface area (Å²) in [6.45, 7) is 1.80. The monoisotopic (exact) mass is 394 g/mol. The topological polar surface area (TPSA) is 93.2 Å². The number of carbonyl (C=O) groups excluding carboxylic acids is 1. The second-order valence-electron chi connectivity index (χ2n) is 6.51. The highest BCUT2D eigenvalue weighted by Crippen LogP contribution is 2.34. The molecule has 0 spiro atoms. The maximum atomic E-state index is 13.9. The first-order valence-electron chi connectivity index (χ1n) is 8.70. The molecule has 0 saturated carbocycles. The number of aromatic nitrogens is 1. The summed E-state index contributed by atoms with van der Waals surface area (Å²) in [5, 5.41) is 9.12. The highest BCUT2D eigenvalue weighted by molar-refractivity contribution is 6.02. The van der Waals surface area contributed by atoms with Gasteiger partial charge in [-0.05, 0) is 53.9 Å². The fraction of sp³-hybridized carbons (Fsp3) is 0.0476. The van der Waals surface area contributed by atoms with Crippen LogP contribution in [0.5, 0.6) is 0 Å². The van der Waals surface area contributed by atoms with Crippen molar-refractivity contribution in [3.63, 3.8) is 0 Å². The number of nitrogens with zero attached hydrogens (tertiary/aromatic N) is 1. The maximum Gasteiger partial charge on any atom is 0.323 e. The van der Waals surface area contributed by atoms with E-state index in [4.69, 9.17) is 10.3 Å². The number of halogens is 2. The fourth-order valence-corrected chi connectivity index (χ4v) is 3.03. The Kier molecular flexibility index (Phi) is 4.59. The molecule has 0 saturated heterocycles. The van der Waals surface area contributed by atoms with Crippen molar-refractivity contribution in [2.45, 2.75) is 6.92 Å². The van der Waals surface area contributed by atoms with E-state index < -0.39 is 17.7 Å². The van der Waals surface area contributed by atoms with Crippen molar-refractivity contribution in [1.29, 1.82) is 0 Å². The van der Waals surface area contributed by atoms with Gasteiger partial charge in [0.05, 0.1) is 11.1 Å². The number of nitrogens with one attached hydrogen (secondary N) is 2. The van der Waals surface area contributed by atoms with E-state index in [-0.39, 0.29) is 17.1 Å². The number of aryl methyl sites for hydroxylation is 1. The molecule has 6 nitrogen and oxygen atoms in total. The molecule has 0 aliphatic rings. The van der Waals surface area contributed by atoms with Crippen molar-refractivity contribution in [1.82, 2.24) is 5.16 Å². The Bertz CT molecular complexity index is 1220. The van der Waals surface area contributed by atoms with E-state index in [1.165, 1.54) is 12.1 Å². The molecule has 2 amide bonds. The summed E-state index contributed by atoms with van der Waals surface area (Å²) in [5.74, 6) is -0.977. The van der Waals surface area contributed by atoms with Gasteiger partial charge >= 0.3 is 6.03 Å². The molecular formula is C21H16F2N4O2. The van der Waals surface area contributed by atoms with Gasteiger partial charge in [0.25, 0.3) is 0 Å². The van der Waals surface area contributed by atoms with Crippen molar-refractivity contribution in [2.75, 3.05) is 16.4 Å². The SMILES string of the molecule is Cc1ccc(F)c(NC(=O)Nc2ccc(-c3ccc(F)c4onc(N)c34)cc2)c1. The zero-order valence-electron chi connectivity index (χ0n) is 15.3. The quantitative estimate of drug-likeness (QED) is 0.439. The average molecular weight is 394 g/mol. The van der Waals surface area contributed by atoms with Gasteiger partial charge in [-0.25, -0.2) is 13.6 Å². The maximum absolute atomic E-state index is 13.9. The van der Waals surface area contributed by atoms with Gasteiger partial charge in [0.2, 0.25) is 5.58 Å². The first kappa shape index (κ1) is 18.4. The standard InChI is InChI=1S/C21H16F2N4O2/c1-11-2-8-15(22)17(10-11)26-21(28)25-13-5-3-12(4-6-13)14-7-9-16(23)19-18(14)20(24)27-29-19/h2-10H,1H3,(H2,24,27)(H2,25,26,28). The van der Waals surface area contributed by atoms with Crippen LogP contribution in [0.2, 0.25) is 0 Å². The molecule has 0 radical (unpaired) electrons. The molecule has 0 fully saturated rings. The molecule has 8 heteroatoms. The zero-order valence-corrected chi connectivity index (χ0v) is 15.3. The van der Waals surface area contributed by atoms with Crippen molar-refractivity contribution >= 4 is 34.2 Å². The summed E-state index contributed by atoms with van der Waals surface area (Å²) in [7, 11) is 0. The van der Waals surface area contributed by atoms with Crippen LogP contribution in [-0.2, 0) is 0 Å². The summed E-state index contributed by atoms with van der Waals surface area (Å²) >= 11 is 0. The number of rotatable bonds is 3. The molecule has 3 aromatic carbocycles. The van der Waals surface area contributed by atoms with Crippen molar-refractivity contribution in [3.8, 4) is 11.1 Å². The van der Waals surface area contributed by atoms with Crippen LogP contribution in [0.25, 0.3) is 22.1 Å². The minimum Gasteiger partial charge on any atom is -0.380 e. The van der Waals surface area contributed by atoms with Crippen LogP contribution in [-0.4, -0.2) is 11.2 Å². The third-order valence-electron chi connectivity index (χ3n) is 4.42. The number of amides is 2. The molecule has 1 heterocycles. The predicted octanol–water partition coefficient (Wildman–Crippen LogP) is 5.31. The summed E-state index contributed by atoms with van der Waals surface area (Å²) < 4.78 is 32.6. The number of benzene rings is 3. The van der Waals surface area contributed by atoms with Gasteiger partial charge in [0, 0.05) is 5.69 Å². The molecule has 1 aromatic heterocycles. The summed E-state index contributed by atoms with van der Waals surface area (Å²) in [6.07, 6.45) is 0. The average Bonchev–Trinajstić information content (AvgIpc) is 3.09. The molecular weight excluding hydrogens is 378 g/mol. The third-order valence-corrected chi connectivity index (χ3v) is 4.42. The van der Waals surface area contributed by atoms with Crippen molar-refractivity contribution in [3.05, 3.63) is 71.8 Å². The van der Waals surface area contributed by atoms with Crippen LogP contribution < -0.4 is 16.4 Å². The first-order chi connectivity index (χ1) is 13.9. The number of nitrogens with two attached hydrogens (primary N) is 1. The second-order valence-corrected chi connectivity index (χ2v) is 6.51. The summed E-state index contributed by atoms with van der Waals surface area (Å²) in [6, 6.07) is 13.5. The van der Waals surface area contributed by atoms with E-state index in [2.05, 4.69) is 15.8 Å². The van der Waals surface area contributed by atoms with Gasteiger partial charge in [-0.15, -0.1) is 0 Å². The number of hydrogen-bond donors (Lipinski definition) is 3. The molecule has 0 atom stereocenters. The van der Waals surface area contributed by atoms with Gasteiger partial charge in [-0.2, -0.15) is 0 Å². The Morgan fingerprint density at radius 1 is 1.00 bits per heavy atom. The Hall–Kier alpha value is -3.94. The van der Waals surface area contributed by atoms with Crippen LogP contribution in [0.4, 0.5) is 30.8 Å². The van der Waals surface area contributed by atoms with Crippen LogP contribution in [0, 0.1) is 18.6 Å². The molecule has 0 unspecified atom stereocenters. The van der Waals surface area contributed by atoms with E-state index in [0.29, 0.717) is 16.6 Å². The second kappa shape index (κ2) is 7.23. The number of urea groups is 1. The van der Waals surface area contributed by atoms with E-state index in [9.17, 15) is 13.6 Å². The summed E-state index contributed by atoms with van der Waals surface area (Å²) in [5.41, 5.74) is 8.60. The minimum absolute atomic E-state index is 0.0123. The van der Waals surface area contributed by atoms with Gasteiger partial charge < -0.3 is 20.9 Å². The van der Waals surface area contributed by atoms with E-state index in [1.54, 1.807) is 49.4 Å². The van der Waals surface area contributed by atoms with E-state index >= 15 is 0 Å². The lowest BCUT2D eigenvalue weighted by Crippen LogP contribution is -2.20. The van der Waals surface area contributed by atoms with Crippen LogP contribution in [0.3, 0.4) is 0 Å². The lowest BCUT2D eigenvalue weighted by molar-refractivity contribution is 0.262. The molecule has 4 rings (SSSR count). The minimum atomic E-state index is -0.574. The number of anilines is 3. The van der Waals surface area contributed by atoms with Gasteiger partial charge in [-0.3, -0.25) is 0 Å². The summed E-state index contributed by atoms with van der Waals surface area (Å²) in [4.78, 5) is 12.2. The molecule has 0 aliphatic heterocycles. The molecule has 0 bridgehead atoms. The van der Waals surface area contributed by atoms with Gasteiger partial charge in [0.15, 0.2) is 11.6 Å². The predicted molar refractivity (Wildman–Crippen MR) is 108 cm³/mol. The highest BCUT2D eigenvalue weighted by atomic mass is 19.1. The Balaban J connectivity index is 1.54. The van der Waals surface area contributed by atoms with Crippen LogP contribution in [0.15, 0.2) is 59.1 Å². The number of hydrogen-bond acceptors (Lipinski definition) is 4. The third kappa shape index (κ3) is 3.60. The molecule has 4 aromatic rings. The number of nitrogen functional groups attached to an aromatic ring is 1. The van der Waals surface area contributed by atoms with E-state index in [0.717, 1.165) is 11.1 Å². The highest BCUT2D eigenvalue weighted by Gasteiger charge is 2.16. The Morgan fingerprint density at radius 2 is 1.72 bits per heavy atom. The van der Waals surface area contributed by atoms with Crippen LogP contribution in [0.1, 0.15) is 5.56 Å². The molecule has 4 N–H and O–H groups in total. The van der Waals surface area contributed by atoms with Crippen LogP contribution >= 0.6 is 0 Å². The normalized spacial score (nSPS) is 10.9. The smallest absolute Gasteiger partial charge is 0.323 e. The van der Waals surface area contributed by atoms with Gasteiger partial charge in [0.1, 0.15) is 5.82 Å². The lowest BCUT2D eigenvalue weighted by atomic mass is 10.0. The molecule has 29 heavy (non-hydrogen) atoms.